The number of ether oxygens (including phenoxy) is 2. The number of hydrogen-bond donors (Lipinski definition) is 1. The SMILES string of the molecule is C1=CC2CC1[C@@H]1[C@@H](OCO[C@@H]3C=C[C@H]4C5C=CC(C5)[C@@H]34)C=C[C@H]21.O[C@@H]1C=C[C@H]2C3C=CC(C3)[C@@H]12. The van der Waals surface area contributed by atoms with Crippen molar-refractivity contribution in [1.29, 1.82) is 0 Å². The van der Waals surface area contributed by atoms with Crippen molar-refractivity contribution in [3.05, 3.63) is 72.9 Å². The monoisotopic (exact) mass is 456 g/mol. The predicted octanol–water partition coefficient (Wildman–Crippen LogP) is 5.09. The van der Waals surface area contributed by atoms with Gasteiger partial charge in [0.25, 0.3) is 0 Å². The molecule has 0 heterocycles. The third-order valence-corrected chi connectivity index (χ3v) is 11.0. The van der Waals surface area contributed by atoms with Gasteiger partial charge in [-0.25, -0.2) is 0 Å². The van der Waals surface area contributed by atoms with Crippen LogP contribution in [0, 0.1) is 71.0 Å². The molecule has 6 bridgehead atoms. The zero-order valence-corrected chi connectivity index (χ0v) is 19.7. The first-order chi connectivity index (χ1) is 16.7. The minimum atomic E-state index is -0.153. The Hall–Kier alpha value is -1.68. The van der Waals surface area contributed by atoms with Gasteiger partial charge in [0.2, 0.25) is 0 Å². The second kappa shape index (κ2) is 7.66. The highest BCUT2D eigenvalue weighted by molar-refractivity contribution is 5.27. The summed E-state index contributed by atoms with van der Waals surface area (Å²) in [4.78, 5) is 0. The van der Waals surface area contributed by atoms with Crippen LogP contribution in [-0.4, -0.2) is 30.2 Å². The van der Waals surface area contributed by atoms with Crippen molar-refractivity contribution in [1.82, 2.24) is 0 Å². The number of fused-ring (bicyclic) bond motifs is 15. The lowest BCUT2D eigenvalue weighted by molar-refractivity contribution is -0.122. The summed E-state index contributed by atoms with van der Waals surface area (Å²) in [6.45, 7) is 0.443. The molecule has 34 heavy (non-hydrogen) atoms. The van der Waals surface area contributed by atoms with Gasteiger partial charge < -0.3 is 14.6 Å². The highest BCUT2D eigenvalue weighted by atomic mass is 16.7. The smallest absolute Gasteiger partial charge is 0.148 e. The molecule has 3 nitrogen and oxygen atoms in total. The van der Waals surface area contributed by atoms with E-state index in [0.29, 0.717) is 36.4 Å². The van der Waals surface area contributed by atoms with Crippen molar-refractivity contribution >= 4 is 0 Å². The largest absolute Gasteiger partial charge is 0.389 e. The van der Waals surface area contributed by atoms with Crippen LogP contribution in [0.2, 0.25) is 0 Å². The fourth-order valence-corrected chi connectivity index (χ4v) is 9.55. The molecule has 9 rings (SSSR count). The van der Waals surface area contributed by atoms with Gasteiger partial charge in [-0.2, -0.15) is 0 Å². The number of rotatable bonds is 4. The summed E-state index contributed by atoms with van der Waals surface area (Å²) < 4.78 is 12.3. The molecule has 178 valence electrons. The first-order valence-electron chi connectivity index (χ1n) is 13.8. The van der Waals surface area contributed by atoms with Gasteiger partial charge in [0.1, 0.15) is 6.79 Å². The van der Waals surface area contributed by atoms with E-state index in [1.54, 1.807) is 0 Å². The van der Waals surface area contributed by atoms with E-state index >= 15 is 0 Å². The minimum absolute atomic E-state index is 0.153. The highest BCUT2D eigenvalue weighted by Crippen LogP contribution is 2.55. The number of aliphatic hydroxyl groups is 1. The van der Waals surface area contributed by atoms with E-state index in [4.69, 9.17) is 9.47 Å². The highest BCUT2D eigenvalue weighted by Gasteiger charge is 2.51. The first-order valence-corrected chi connectivity index (χ1v) is 13.8. The molecule has 0 radical (unpaired) electrons. The van der Waals surface area contributed by atoms with Crippen molar-refractivity contribution in [2.45, 2.75) is 37.6 Å². The van der Waals surface area contributed by atoms with E-state index in [-0.39, 0.29) is 18.3 Å². The topological polar surface area (TPSA) is 38.7 Å². The summed E-state index contributed by atoms with van der Waals surface area (Å²) in [7, 11) is 0. The molecule has 15 atom stereocenters. The average Bonchev–Trinajstić information content (AvgIpc) is 3.66. The predicted molar refractivity (Wildman–Crippen MR) is 131 cm³/mol. The van der Waals surface area contributed by atoms with E-state index in [0.717, 1.165) is 41.4 Å². The average molecular weight is 457 g/mol. The number of hydrogen-bond acceptors (Lipinski definition) is 3. The van der Waals surface area contributed by atoms with Gasteiger partial charge >= 0.3 is 0 Å². The Morgan fingerprint density at radius 3 is 1.38 bits per heavy atom. The van der Waals surface area contributed by atoms with E-state index in [2.05, 4.69) is 66.8 Å². The molecule has 9 aliphatic carbocycles. The van der Waals surface area contributed by atoms with Crippen LogP contribution in [0.4, 0.5) is 0 Å². The fourth-order valence-electron chi connectivity index (χ4n) is 9.55. The van der Waals surface area contributed by atoms with Crippen molar-refractivity contribution < 1.29 is 14.6 Å². The number of aliphatic hydroxyl groups excluding tert-OH is 1. The second-order valence-corrected chi connectivity index (χ2v) is 12.3. The van der Waals surface area contributed by atoms with Crippen LogP contribution in [0.3, 0.4) is 0 Å². The summed E-state index contributed by atoms with van der Waals surface area (Å²) in [6.07, 6.45) is 32.2. The summed E-state index contributed by atoms with van der Waals surface area (Å²) in [5.41, 5.74) is 0. The lowest BCUT2D eigenvalue weighted by Gasteiger charge is -2.28. The molecule has 0 aromatic carbocycles. The fraction of sp³-hybridized carbons (Fsp3) is 0.613. The van der Waals surface area contributed by atoms with Crippen molar-refractivity contribution in [2.75, 3.05) is 6.79 Å². The Kier molecular flexibility index (Phi) is 4.62. The molecule has 1 N–H and O–H groups in total. The Bertz CT molecular complexity index is 964. The molecule has 0 amide bonds. The van der Waals surface area contributed by atoms with Gasteiger partial charge in [0.05, 0.1) is 18.3 Å². The number of allylic oxidation sites excluding steroid dienone is 9. The summed E-state index contributed by atoms with van der Waals surface area (Å²) in [5.74, 6) is 8.43. The van der Waals surface area contributed by atoms with E-state index in [9.17, 15) is 5.11 Å². The van der Waals surface area contributed by atoms with Gasteiger partial charge in [-0.15, -0.1) is 0 Å². The van der Waals surface area contributed by atoms with Crippen molar-refractivity contribution in [2.24, 2.45) is 71.0 Å². The molecule has 0 spiro atoms. The van der Waals surface area contributed by atoms with Crippen molar-refractivity contribution in [3.8, 4) is 0 Å². The van der Waals surface area contributed by atoms with Crippen LogP contribution in [0.25, 0.3) is 0 Å². The van der Waals surface area contributed by atoms with E-state index < -0.39 is 0 Å². The third-order valence-electron chi connectivity index (χ3n) is 11.0. The van der Waals surface area contributed by atoms with Crippen LogP contribution in [0.15, 0.2) is 72.9 Å². The van der Waals surface area contributed by atoms with Crippen LogP contribution < -0.4 is 0 Å². The molecule has 3 fully saturated rings. The lowest BCUT2D eigenvalue weighted by Crippen LogP contribution is -2.30. The van der Waals surface area contributed by atoms with Gasteiger partial charge in [-0.05, 0) is 72.5 Å². The van der Waals surface area contributed by atoms with Crippen LogP contribution in [0.1, 0.15) is 19.3 Å². The quantitative estimate of drug-likeness (QED) is 0.473. The van der Waals surface area contributed by atoms with Gasteiger partial charge in [0.15, 0.2) is 0 Å². The Morgan fingerprint density at radius 1 is 0.471 bits per heavy atom. The standard InChI is InChI=1S/C21H24O2.C10H12O/c1-3-14-9-12(1)16-5-7-18(20(14)16)22-11-23-19-8-6-17-13-2-4-15(10-13)21(17)19;11-9-4-3-8-6-1-2-7(5-6)10(8)9/h1-8,12-21H,9-11H2;1-4,6-11H,5H2/t12?,13?,14?,15?,16-,17+,18+,19-,20+,21-;6?,7?,8-,9+,10+/m.0/s1. The van der Waals surface area contributed by atoms with Crippen LogP contribution >= 0.6 is 0 Å². The summed E-state index contributed by atoms with van der Waals surface area (Å²) in [6, 6.07) is 0. The molecule has 9 aliphatic rings. The van der Waals surface area contributed by atoms with E-state index in [1.165, 1.54) is 19.3 Å². The molecule has 3 heteroatoms. The van der Waals surface area contributed by atoms with Gasteiger partial charge in [0, 0.05) is 17.8 Å². The van der Waals surface area contributed by atoms with Crippen molar-refractivity contribution in [3.63, 3.8) is 0 Å². The molecular formula is C31H36O3. The molecule has 6 unspecified atom stereocenters. The van der Waals surface area contributed by atoms with Gasteiger partial charge in [-0.3, -0.25) is 0 Å². The Balaban J connectivity index is 0.000000142. The zero-order valence-electron chi connectivity index (χ0n) is 19.7. The molecule has 0 aromatic rings. The third kappa shape index (κ3) is 2.93. The lowest BCUT2D eigenvalue weighted by atomic mass is 9.84. The molecular weight excluding hydrogens is 420 g/mol. The van der Waals surface area contributed by atoms with Crippen LogP contribution in [-0.2, 0) is 9.47 Å². The Morgan fingerprint density at radius 2 is 0.882 bits per heavy atom. The zero-order chi connectivity index (χ0) is 22.4. The molecule has 3 saturated carbocycles. The molecule has 0 aromatic heterocycles. The molecule has 0 saturated heterocycles. The molecule has 0 aliphatic heterocycles. The maximum atomic E-state index is 9.60. The van der Waals surface area contributed by atoms with Crippen LogP contribution in [0.5, 0.6) is 0 Å². The first kappa shape index (κ1) is 20.5. The minimum Gasteiger partial charge on any atom is -0.389 e. The Labute approximate surface area is 203 Å². The maximum absolute atomic E-state index is 9.60. The summed E-state index contributed by atoms with van der Waals surface area (Å²) >= 11 is 0. The van der Waals surface area contributed by atoms with E-state index in [1.807, 2.05) is 6.08 Å². The van der Waals surface area contributed by atoms with Gasteiger partial charge in [-0.1, -0.05) is 72.9 Å². The maximum Gasteiger partial charge on any atom is 0.148 e. The summed E-state index contributed by atoms with van der Waals surface area (Å²) in [5, 5.41) is 9.60. The normalized spacial score (nSPS) is 56.6. The second-order valence-electron chi connectivity index (χ2n) is 12.3.